The summed E-state index contributed by atoms with van der Waals surface area (Å²) in [5.74, 6) is 0. The van der Waals surface area contributed by atoms with Crippen LogP contribution in [0, 0.1) is 10.1 Å². The fourth-order valence-electron chi connectivity index (χ4n) is 2.88. The lowest BCUT2D eigenvalue weighted by molar-refractivity contribution is -0.383. The van der Waals surface area contributed by atoms with Crippen LogP contribution in [-0.2, 0) is 0 Å². The minimum Gasteiger partial charge on any atom is -0.395 e. The Labute approximate surface area is 128 Å². The molecule has 0 amide bonds. The molecule has 2 N–H and O–H groups in total. The number of anilines is 1. The zero-order valence-electron chi connectivity index (χ0n) is 12.2. The monoisotopic (exact) mass is 314 g/mol. The first-order valence-corrected chi connectivity index (χ1v) is 8.20. The minimum atomic E-state index is -0.718. The SMILES string of the molecule is CC(O)c1cc([N+](=O)[O-])c(N(CCO)C2CCCCC2)s1. The summed E-state index contributed by atoms with van der Waals surface area (Å²) >= 11 is 1.26. The van der Waals surface area contributed by atoms with Crippen molar-refractivity contribution in [2.45, 2.75) is 51.2 Å². The molecule has 21 heavy (non-hydrogen) atoms. The molecule has 0 bridgehead atoms. The summed E-state index contributed by atoms with van der Waals surface area (Å²) in [6.45, 7) is 1.97. The Morgan fingerprint density at radius 3 is 2.67 bits per heavy atom. The minimum absolute atomic E-state index is 0.0322. The molecule has 0 aromatic carbocycles. The van der Waals surface area contributed by atoms with Crippen molar-refractivity contribution in [2.75, 3.05) is 18.1 Å². The Morgan fingerprint density at radius 1 is 1.48 bits per heavy atom. The van der Waals surface area contributed by atoms with E-state index in [0.29, 0.717) is 16.4 Å². The van der Waals surface area contributed by atoms with Crippen molar-refractivity contribution in [3.05, 3.63) is 21.1 Å². The molecule has 0 spiro atoms. The molecule has 1 aromatic rings. The van der Waals surface area contributed by atoms with Crippen LogP contribution in [0.25, 0.3) is 0 Å². The second-order valence-electron chi connectivity index (χ2n) is 5.48. The summed E-state index contributed by atoms with van der Waals surface area (Å²) in [7, 11) is 0. The number of hydrogen-bond donors (Lipinski definition) is 2. The molecular weight excluding hydrogens is 292 g/mol. The van der Waals surface area contributed by atoms with Crippen molar-refractivity contribution >= 4 is 22.0 Å². The van der Waals surface area contributed by atoms with E-state index in [4.69, 9.17) is 0 Å². The molecule has 1 heterocycles. The maximum Gasteiger partial charge on any atom is 0.304 e. The average molecular weight is 314 g/mol. The van der Waals surface area contributed by atoms with Crippen molar-refractivity contribution in [1.29, 1.82) is 0 Å². The lowest BCUT2D eigenvalue weighted by Gasteiger charge is -2.34. The first-order valence-electron chi connectivity index (χ1n) is 7.38. The Hall–Kier alpha value is -1.18. The van der Waals surface area contributed by atoms with Gasteiger partial charge in [0, 0.05) is 23.5 Å². The number of aliphatic hydroxyl groups excluding tert-OH is 2. The lowest BCUT2D eigenvalue weighted by atomic mass is 9.94. The van der Waals surface area contributed by atoms with Gasteiger partial charge in [-0.15, -0.1) is 11.3 Å². The van der Waals surface area contributed by atoms with Crippen LogP contribution in [0.2, 0.25) is 0 Å². The first kappa shape index (κ1) is 16.2. The summed E-state index contributed by atoms with van der Waals surface area (Å²) in [5.41, 5.74) is 0.0370. The fourth-order valence-corrected chi connectivity index (χ4v) is 4.04. The summed E-state index contributed by atoms with van der Waals surface area (Å²) in [4.78, 5) is 13.5. The maximum absolute atomic E-state index is 11.3. The standard InChI is InChI=1S/C14H22N2O4S/c1-10(18)13-9-12(16(19)20)14(21-13)15(7-8-17)11-5-3-2-4-6-11/h9-11,17-18H,2-8H2,1H3. The number of hydrogen-bond acceptors (Lipinski definition) is 6. The van der Waals surface area contributed by atoms with Crippen LogP contribution >= 0.6 is 11.3 Å². The zero-order valence-corrected chi connectivity index (χ0v) is 13.0. The molecule has 1 unspecified atom stereocenters. The van der Waals surface area contributed by atoms with Crippen LogP contribution in [0.4, 0.5) is 10.7 Å². The summed E-state index contributed by atoms with van der Waals surface area (Å²) in [6.07, 6.45) is 4.72. The topological polar surface area (TPSA) is 86.8 Å². The van der Waals surface area contributed by atoms with Gasteiger partial charge in [0.05, 0.1) is 17.6 Å². The fraction of sp³-hybridized carbons (Fsp3) is 0.714. The molecule has 0 radical (unpaired) electrons. The van der Waals surface area contributed by atoms with E-state index in [0.717, 1.165) is 25.7 Å². The highest BCUT2D eigenvalue weighted by Crippen LogP contribution is 2.42. The highest BCUT2D eigenvalue weighted by molar-refractivity contribution is 7.16. The van der Waals surface area contributed by atoms with E-state index in [2.05, 4.69) is 0 Å². The number of nitrogens with zero attached hydrogens (tertiary/aromatic N) is 2. The smallest absolute Gasteiger partial charge is 0.304 e. The highest BCUT2D eigenvalue weighted by atomic mass is 32.1. The van der Waals surface area contributed by atoms with Gasteiger partial charge in [-0.3, -0.25) is 10.1 Å². The molecule has 1 aliphatic rings. The summed E-state index contributed by atoms with van der Waals surface area (Å²) in [6, 6.07) is 1.70. The predicted molar refractivity (Wildman–Crippen MR) is 82.9 cm³/mol. The Morgan fingerprint density at radius 2 is 2.14 bits per heavy atom. The van der Waals surface area contributed by atoms with Crippen LogP contribution in [0.5, 0.6) is 0 Å². The Balaban J connectivity index is 2.35. The van der Waals surface area contributed by atoms with E-state index in [1.165, 1.54) is 23.8 Å². The van der Waals surface area contributed by atoms with Crippen molar-refractivity contribution in [3.63, 3.8) is 0 Å². The van der Waals surface area contributed by atoms with E-state index in [1.807, 2.05) is 4.90 Å². The van der Waals surface area contributed by atoms with Gasteiger partial charge in [0.1, 0.15) is 0 Å². The van der Waals surface area contributed by atoms with Crippen LogP contribution in [0.15, 0.2) is 6.07 Å². The predicted octanol–water partition coefficient (Wildman–Crippen LogP) is 2.84. The van der Waals surface area contributed by atoms with Gasteiger partial charge >= 0.3 is 5.69 Å². The number of nitro groups is 1. The van der Waals surface area contributed by atoms with Crippen molar-refractivity contribution < 1.29 is 15.1 Å². The van der Waals surface area contributed by atoms with Crippen LogP contribution in [0.3, 0.4) is 0 Å². The summed E-state index contributed by atoms with van der Waals surface area (Å²) in [5, 5.41) is 30.9. The maximum atomic E-state index is 11.3. The molecule has 2 rings (SSSR count). The third-order valence-corrected chi connectivity index (χ3v) is 5.27. The molecule has 1 fully saturated rings. The van der Waals surface area contributed by atoms with Crippen LogP contribution in [-0.4, -0.2) is 34.3 Å². The van der Waals surface area contributed by atoms with Gasteiger partial charge in [-0.2, -0.15) is 0 Å². The number of thiophene rings is 1. The number of aliphatic hydroxyl groups is 2. The van der Waals surface area contributed by atoms with Crippen molar-refractivity contribution in [2.24, 2.45) is 0 Å². The lowest BCUT2D eigenvalue weighted by Crippen LogP contribution is -2.38. The summed E-state index contributed by atoms with van der Waals surface area (Å²) < 4.78 is 0. The zero-order chi connectivity index (χ0) is 15.4. The second kappa shape index (κ2) is 7.20. The molecule has 6 nitrogen and oxygen atoms in total. The van der Waals surface area contributed by atoms with Gasteiger partial charge in [-0.05, 0) is 19.8 Å². The van der Waals surface area contributed by atoms with E-state index in [1.54, 1.807) is 6.92 Å². The number of rotatable bonds is 6. The van der Waals surface area contributed by atoms with Gasteiger partial charge in [0.2, 0.25) is 0 Å². The van der Waals surface area contributed by atoms with Crippen LogP contribution < -0.4 is 4.90 Å². The van der Waals surface area contributed by atoms with E-state index < -0.39 is 11.0 Å². The quantitative estimate of drug-likeness (QED) is 0.623. The highest BCUT2D eigenvalue weighted by Gasteiger charge is 2.30. The van der Waals surface area contributed by atoms with E-state index in [9.17, 15) is 20.3 Å². The van der Waals surface area contributed by atoms with Gasteiger partial charge in [-0.25, -0.2) is 0 Å². The third-order valence-electron chi connectivity index (χ3n) is 3.94. The molecule has 1 aliphatic carbocycles. The Kier molecular flexibility index (Phi) is 5.55. The van der Waals surface area contributed by atoms with Gasteiger partial charge in [0.15, 0.2) is 5.00 Å². The molecule has 1 saturated carbocycles. The molecular formula is C14H22N2O4S. The van der Waals surface area contributed by atoms with Crippen LogP contribution in [0.1, 0.15) is 50.0 Å². The molecule has 0 saturated heterocycles. The molecule has 0 aliphatic heterocycles. The largest absolute Gasteiger partial charge is 0.395 e. The van der Waals surface area contributed by atoms with Gasteiger partial charge in [0.25, 0.3) is 0 Å². The third kappa shape index (κ3) is 3.72. The molecule has 7 heteroatoms. The van der Waals surface area contributed by atoms with Crippen molar-refractivity contribution in [3.8, 4) is 0 Å². The van der Waals surface area contributed by atoms with Gasteiger partial charge in [-0.1, -0.05) is 19.3 Å². The van der Waals surface area contributed by atoms with E-state index in [-0.39, 0.29) is 18.3 Å². The molecule has 1 atom stereocenters. The molecule has 118 valence electrons. The van der Waals surface area contributed by atoms with E-state index >= 15 is 0 Å². The average Bonchev–Trinajstić information content (AvgIpc) is 2.91. The van der Waals surface area contributed by atoms with Crippen molar-refractivity contribution in [1.82, 2.24) is 0 Å². The normalized spacial score (nSPS) is 17.7. The second-order valence-corrected chi connectivity index (χ2v) is 6.54. The molecule has 1 aromatic heterocycles. The van der Waals surface area contributed by atoms with Gasteiger partial charge < -0.3 is 15.1 Å². The Bertz CT molecular complexity index is 483. The first-order chi connectivity index (χ1) is 10.0.